The van der Waals surface area contributed by atoms with E-state index in [1.54, 1.807) is 0 Å². The normalized spacial score (nSPS) is 29.2. The zero-order chi connectivity index (χ0) is 17.8. The van der Waals surface area contributed by atoms with Crippen molar-refractivity contribution >= 4 is 5.91 Å². The van der Waals surface area contributed by atoms with Crippen LogP contribution in [0.3, 0.4) is 0 Å². The predicted octanol–water partition coefficient (Wildman–Crippen LogP) is 1.72. The van der Waals surface area contributed by atoms with Crippen LogP contribution in [0.4, 0.5) is 17.6 Å². The fourth-order valence-electron chi connectivity index (χ4n) is 4.01. The van der Waals surface area contributed by atoms with E-state index in [2.05, 4.69) is 15.5 Å². The molecule has 1 saturated carbocycles. The molecule has 25 heavy (non-hydrogen) atoms. The van der Waals surface area contributed by atoms with Crippen molar-refractivity contribution in [1.29, 1.82) is 0 Å². The molecule has 1 aromatic rings. The molecule has 0 radical (unpaired) electrons. The van der Waals surface area contributed by atoms with Gasteiger partial charge in [-0.1, -0.05) is 0 Å². The molecular formula is C17H19F4N3O. The molecule has 2 unspecified atom stereocenters. The summed E-state index contributed by atoms with van der Waals surface area (Å²) in [5.41, 5.74) is -1.57. The zero-order valence-electron chi connectivity index (χ0n) is 13.4. The fraction of sp³-hybridized carbons (Fsp3) is 0.588. The first-order valence-corrected chi connectivity index (χ1v) is 8.44. The van der Waals surface area contributed by atoms with Crippen LogP contribution in [0, 0.1) is 23.6 Å². The number of alkyl halides is 3. The molecule has 2 saturated heterocycles. The highest BCUT2D eigenvalue weighted by molar-refractivity contribution is 5.94. The van der Waals surface area contributed by atoms with Crippen LogP contribution in [-0.4, -0.2) is 49.6 Å². The standard InChI is InChI=1S/C17H19F4N3O/c18-15-2-1-9(3-14(15)17(19,20)21)16(25)23-6-11-12-7-24(8-13(11)12)10-4-22-5-10/h1-3,10-13,22H,4-8H2,(H,23,25). The Morgan fingerprint density at radius 1 is 1.24 bits per heavy atom. The number of piperidine rings is 1. The van der Waals surface area contributed by atoms with Gasteiger partial charge >= 0.3 is 6.18 Å². The molecule has 2 atom stereocenters. The van der Waals surface area contributed by atoms with Gasteiger partial charge in [0.15, 0.2) is 0 Å². The first kappa shape index (κ1) is 16.8. The van der Waals surface area contributed by atoms with Crippen molar-refractivity contribution in [3.8, 4) is 0 Å². The highest BCUT2D eigenvalue weighted by Crippen LogP contribution is 2.51. The maximum Gasteiger partial charge on any atom is 0.419 e. The van der Waals surface area contributed by atoms with Gasteiger partial charge in [0.05, 0.1) is 5.56 Å². The van der Waals surface area contributed by atoms with Crippen LogP contribution in [0.2, 0.25) is 0 Å². The lowest BCUT2D eigenvalue weighted by Crippen LogP contribution is -2.57. The van der Waals surface area contributed by atoms with Crippen molar-refractivity contribution in [1.82, 2.24) is 15.5 Å². The molecule has 0 aromatic heterocycles. The first-order valence-electron chi connectivity index (χ1n) is 8.44. The third-order valence-corrected chi connectivity index (χ3v) is 5.71. The minimum Gasteiger partial charge on any atom is -0.352 e. The Hall–Kier alpha value is -1.67. The van der Waals surface area contributed by atoms with E-state index in [0.717, 1.165) is 32.2 Å². The Labute approximate surface area is 142 Å². The summed E-state index contributed by atoms with van der Waals surface area (Å²) in [6, 6.07) is 2.97. The summed E-state index contributed by atoms with van der Waals surface area (Å²) < 4.78 is 51.5. The van der Waals surface area contributed by atoms with Gasteiger partial charge < -0.3 is 10.6 Å². The van der Waals surface area contributed by atoms with Gasteiger partial charge in [-0.15, -0.1) is 0 Å². The van der Waals surface area contributed by atoms with Gasteiger partial charge in [0.25, 0.3) is 5.91 Å². The molecule has 8 heteroatoms. The van der Waals surface area contributed by atoms with Crippen LogP contribution in [0.25, 0.3) is 0 Å². The Morgan fingerprint density at radius 3 is 2.48 bits per heavy atom. The molecule has 136 valence electrons. The second-order valence-electron chi connectivity index (χ2n) is 7.16. The van der Waals surface area contributed by atoms with E-state index in [0.29, 0.717) is 42.5 Å². The monoisotopic (exact) mass is 357 g/mol. The molecule has 1 amide bonds. The molecule has 2 aliphatic heterocycles. The molecule has 4 nitrogen and oxygen atoms in total. The van der Waals surface area contributed by atoms with E-state index in [1.807, 2.05) is 0 Å². The summed E-state index contributed by atoms with van der Waals surface area (Å²) in [4.78, 5) is 14.6. The van der Waals surface area contributed by atoms with Gasteiger partial charge in [0, 0.05) is 44.3 Å². The summed E-state index contributed by atoms with van der Waals surface area (Å²) in [5, 5.41) is 5.95. The van der Waals surface area contributed by atoms with Gasteiger partial charge in [0.2, 0.25) is 0 Å². The van der Waals surface area contributed by atoms with Crippen LogP contribution in [0.15, 0.2) is 18.2 Å². The number of hydrogen-bond donors (Lipinski definition) is 2. The van der Waals surface area contributed by atoms with Crippen LogP contribution in [0.5, 0.6) is 0 Å². The van der Waals surface area contributed by atoms with Crippen LogP contribution in [-0.2, 0) is 6.18 Å². The Balaban J connectivity index is 1.31. The number of fused-ring (bicyclic) bond motifs is 1. The Bertz CT molecular complexity index is 677. The number of rotatable bonds is 4. The number of carbonyl (C=O) groups is 1. The molecule has 0 spiro atoms. The van der Waals surface area contributed by atoms with E-state index in [4.69, 9.17) is 0 Å². The topological polar surface area (TPSA) is 44.4 Å². The third-order valence-electron chi connectivity index (χ3n) is 5.71. The summed E-state index contributed by atoms with van der Waals surface area (Å²) >= 11 is 0. The van der Waals surface area contributed by atoms with E-state index in [9.17, 15) is 22.4 Å². The van der Waals surface area contributed by atoms with Crippen molar-refractivity contribution in [3.05, 3.63) is 35.1 Å². The maximum absolute atomic E-state index is 13.3. The van der Waals surface area contributed by atoms with E-state index in [1.165, 1.54) is 0 Å². The van der Waals surface area contributed by atoms with Crippen molar-refractivity contribution in [3.63, 3.8) is 0 Å². The third kappa shape index (κ3) is 3.13. The number of hydrogen-bond acceptors (Lipinski definition) is 3. The molecule has 3 aliphatic rings. The van der Waals surface area contributed by atoms with Crippen LogP contribution >= 0.6 is 0 Å². The van der Waals surface area contributed by atoms with Crippen molar-refractivity contribution < 1.29 is 22.4 Å². The number of nitrogens with one attached hydrogen (secondary N) is 2. The minimum absolute atomic E-state index is 0.165. The molecule has 1 aromatic carbocycles. The summed E-state index contributed by atoms with van der Waals surface area (Å²) in [6.07, 6.45) is -4.81. The number of amides is 1. The van der Waals surface area contributed by atoms with Crippen molar-refractivity contribution in [2.45, 2.75) is 12.2 Å². The smallest absolute Gasteiger partial charge is 0.352 e. The summed E-state index contributed by atoms with van der Waals surface area (Å²) in [5.74, 6) is -0.419. The van der Waals surface area contributed by atoms with Gasteiger partial charge in [-0.25, -0.2) is 4.39 Å². The number of halogens is 4. The van der Waals surface area contributed by atoms with Crippen LogP contribution < -0.4 is 10.6 Å². The second-order valence-corrected chi connectivity index (χ2v) is 7.16. The predicted molar refractivity (Wildman–Crippen MR) is 82.4 cm³/mol. The highest BCUT2D eigenvalue weighted by Gasteiger charge is 2.56. The van der Waals surface area contributed by atoms with Crippen molar-refractivity contribution in [2.75, 3.05) is 32.7 Å². The zero-order valence-corrected chi connectivity index (χ0v) is 13.4. The molecular weight excluding hydrogens is 338 g/mol. The number of carbonyl (C=O) groups excluding carboxylic acids is 1. The molecule has 4 rings (SSSR count). The second kappa shape index (κ2) is 5.95. The number of benzene rings is 1. The Kier molecular flexibility index (Phi) is 3.99. The van der Waals surface area contributed by atoms with Crippen LogP contribution in [0.1, 0.15) is 15.9 Å². The average molecular weight is 357 g/mol. The average Bonchev–Trinajstić information content (AvgIpc) is 2.94. The van der Waals surface area contributed by atoms with Gasteiger partial charge in [-0.3, -0.25) is 9.69 Å². The molecule has 2 N–H and O–H groups in total. The summed E-state index contributed by atoms with van der Waals surface area (Å²) in [7, 11) is 0. The van der Waals surface area contributed by atoms with E-state index < -0.39 is 23.5 Å². The first-order chi connectivity index (χ1) is 11.8. The molecule has 2 heterocycles. The fourth-order valence-corrected chi connectivity index (χ4v) is 4.01. The molecule has 1 aliphatic carbocycles. The Morgan fingerprint density at radius 2 is 1.92 bits per heavy atom. The molecule has 0 bridgehead atoms. The maximum atomic E-state index is 13.3. The largest absolute Gasteiger partial charge is 0.419 e. The van der Waals surface area contributed by atoms with Crippen molar-refractivity contribution in [2.24, 2.45) is 17.8 Å². The number of likely N-dealkylation sites (tertiary alicyclic amines) is 1. The lowest BCUT2D eigenvalue weighted by Gasteiger charge is -2.36. The van der Waals surface area contributed by atoms with Gasteiger partial charge in [0.1, 0.15) is 5.82 Å². The lowest BCUT2D eigenvalue weighted by atomic mass is 10.1. The molecule has 3 fully saturated rings. The van der Waals surface area contributed by atoms with E-state index in [-0.39, 0.29) is 5.56 Å². The van der Waals surface area contributed by atoms with Gasteiger partial charge in [-0.2, -0.15) is 13.2 Å². The minimum atomic E-state index is -4.81. The quantitative estimate of drug-likeness (QED) is 0.807. The summed E-state index contributed by atoms with van der Waals surface area (Å²) in [6.45, 7) is 4.60. The highest BCUT2D eigenvalue weighted by atomic mass is 19.4. The SMILES string of the molecule is O=C(NCC1C2CN(C3CNC3)CC12)c1ccc(F)c(C(F)(F)F)c1. The van der Waals surface area contributed by atoms with Gasteiger partial charge in [-0.05, 0) is 36.0 Å². The number of nitrogens with zero attached hydrogens (tertiary/aromatic N) is 1. The van der Waals surface area contributed by atoms with E-state index >= 15 is 0 Å². The lowest BCUT2D eigenvalue weighted by molar-refractivity contribution is -0.140.